The van der Waals surface area contributed by atoms with Crippen LogP contribution in [0.2, 0.25) is 0 Å². The number of primary amides is 1. The number of carboxylic acids is 1. The van der Waals surface area contributed by atoms with E-state index in [4.69, 9.17) is 10.8 Å². The highest BCUT2D eigenvalue weighted by Crippen LogP contribution is 2.01. The molecule has 110 valence electrons. The number of rotatable bonds is 7. The summed E-state index contributed by atoms with van der Waals surface area (Å²) in [5.41, 5.74) is 4.85. The summed E-state index contributed by atoms with van der Waals surface area (Å²) in [5, 5.41) is 15.6. The fraction of sp³-hybridized carbons (Fsp3) is 0.545. The molecule has 0 aliphatic rings. The van der Waals surface area contributed by atoms with Gasteiger partial charge in [-0.05, 0) is 5.92 Å². The smallest absolute Gasteiger partial charge is 0.358 e. The maximum absolute atomic E-state index is 12.0. The van der Waals surface area contributed by atoms with Gasteiger partial charge >= 0.3 is 5.97 Å². The van der Waals surface area contributed by atoms with Gasteiger partial charge in [0.1, 0.15) is 6.54 Å². The van der Waals surface area contributed by atoms with Gasteiger partial charge in [-0.3, -0.25) is 9.59 Å². The molecule has 0 radical (unpaired) electrons. The zero-order chi connectivity index (χ0) is 15.3. The van der Waals surface area contributed by atoms with Crippen molar-refractivity contribution in [1.29, 1.82) is 0 Å². The third-order valence-electron chi connectivity index (χ3n) is 2.34. The summed E-state index contributed by atoms with van der Waals surface area (Å²) in [6.07, 6.45) is 1.15. The molecule has 2 amide bonds. The molecule has 0 spiro atoms. The summed E-state index contributed by atoms with van der Waals surface area (Å²) in [5.74, 6) is -2.04. The molecule has 0 atom stereocenters. The number of nitrogens with two attached hydrogens (primary N) is 1. The summed E-state index contributed by atoms with van der Waals surface area (Å²) in [4.78, 5) is 35.0. The Balaban J connectivity index is 2.73. The van der Waals surface area contributed by atoms with Gasteiger partial charge < -0.3 is 15.7 Å². The molecule has 1 aromatic rings. The highest BCUT2D eigenvalue weighted by atomic mass is 16.4. The van der Waals surface area contributed by atoms with Crippen LogP contribution < -0.4 is 5.73 Å². The van der Waals surface area contributed by atoms with Crippen LogP contribution in [0.3, 0.4) is 0 Å². The highest BCUT2D eigenvalue weighted by molar-refractivity contribution is 5.85. The quantitative estimate of drug-likeness (QED) is 0.656. The Kier molecular flexibility index (Phi) is 5.18. The van der Waals surface area contributed by atoms with E-state index in [1.165, 1.54) is 4.90 Å². The number of hydrogen-bond acceptors (Lipinski definition) is 5. The van der Waals surface area contributed by atoms with E-state index in [9.17, 15) is 14.4 Å². The Morgan fingerprint density at radius 3 is 2.55 bits per heavy atom. The van der Waals surface area contributed by atoms with Gasteiger partial charge in [-0.2, -0.15) is 0 Å². The third-order valence-corrected chi connectivity index (χ3v) is 2.34. The normalized spacial score (nSPS) is 10.6. The number of aromatic nitrogens is 3. The number of carbonyl (C=O) groups is 3. The van der Waals surface area contributed by atoms with Crippen LogP contribution in [0, 0.1) is 5.92 Å². The van der Waals surface area contributed by atoms with Crippen LogP contribution in [0.15, 0.2) is 6.20 Å². The van der Waals surface area contributed by atoms with Gasteiger partial charge in [-0.15, -0.1) is 5.10 Å². The monoisotopic (exact) mass is 283 g/mol. The van der Waals surface area contributed by atoms with Crippen LogP contribution in [-0.2, 0) is 16.1 Å². The van der Waals surface area contributed by atoms with Crippen LogP contribution in [0.5, 0.6) is 0 Å². The lowest BCUT2D eigenvalue weighted by Gasteiger charge is -2.22. The number of carbonyl (C=O) groups excluding carboxylic acids is 2. The molecule has 0 aliphatic heterocycles. The van der Waals surface area contributed by atoms with E-state index < -0.39 is 11.9 Å². The van der Waals surface area contributed by atoms with Crippen molar-refractivity contribution in [2.45, 2.75) is 20.4 Å². The Bertz CT molecular complexity index is 511. The maximum atomic E-state index is 12.0. The number of nitrogens with zero attached hydrogens (tertiary/aromatic N) is 4. The molecule has 3 N–H and O–H groups in total. The van der Waals surface area contributed by atoms with Crippen molar-refractivity contribution in [3.63, 3.8) is 0 Å². The third kappa shape index (κ3) is 4.67. The van der Waals surface area contributed by atoms with E-state index in [1.807, 2.05) is 13.8 Å². The van der Waals surface area contributed by atoms with E-state index in [-0.39, 0.29) is 30.6 Å². The second kappa shape index (κ2) is 6.64. The molecule has 0 aliphatic carbocycles. The molecule has 0 unspecified atom stereocenters. The van der Waals surface area contributed by atoms with Gasteiger partial charge in [0.05, 0.1) is 12.7 Å². The van der Waals surface area contributed by atoms with Gasteiger partial charge in [-0.25, -0.2) is 9.48 Å². The van der Waals surface area contributed by atoms with Gasteiger partial charge in [0, 0.05) is 6.54 Å². The minimum absolute atomic E-state index is 0.170. The fourth-order valence-electron chi connectivity index (χ4n) is 1.60. The summed E-state index contributed by atoms with van der Waals surface area (Å²) >= 11 is 0. The van der Waals surface area contributed by atoms with E-state index in [1.54, 1.807) is 0 Å². The average Bonchev–Trinajstić information content (AvgIpc) is 2.75. The second-order valence-corrected chi connectivity index (χ2v) is 4.74. The van der Waals surface area contributed by atoms with Gasteiger partial charge in [-0.1, -0.05) is 19.1 Å². The number of amides is 2. The summed E-state index contributed by atoms with van der Waals surface area (Å²) in [7, 11) is 0. The first-order chi connectivity index (χ1) is 9.29. The average molecular weight is 283 g/mol. The molecule has 0 saturated carbocycles. The van der Waals surface area contributed by atoms with Gasteiger partial charge in [0.25, 0.3) is 0 Å². The lowest BCUT2D eigenvalue weighted by atomic mass is 10.2. The molecular weight excluding hydrogens is 266 g/mol. The number of aromatic carboxylic acids is 1. The van der Waals surface area contributed by atoms with Crippen molar-refractivity contribution in [3.8, 4) is 0 Å². The van der Waals surface area contributed by atoms with Crippen molar-refractivity contribution < 1.29 is 19.5 Å². The first-order valence-electron chi connectivity index (χ1n) is 5.99. The second-order valence-electron chi connectivity index (χ2n) is 4.74. The van der Waals surface area contributed by atoms with Crippen LogP contribution >= 0.6 is 0 Å². The SMILES string of the molecule is CC(C)CN(CC(N)=O)C(=O)Cn1cc(C(=O)O)nn1. The molecule has 0 saturated heterocycles. The molecule has 1 rings (SSSR count). The van der Waals surface area contributed by atoms with Crippen molar-refractivity contribution in [2.75, 3.05) is 13.1 Å². The van der Waals surface area contributed by atoms with Crippen LogP contribution in [0.4, 0.5) is 0 Å². The fourth-order valence-corrected chi connectivity index (χ4v) is 1.60. The topological polar surface area (TPSA) is 131 Å². The minimum Gasteiger partial charge on any atom is -0.476 e. The maximum Gasteiger partial charge on any atom is 0.358 e. The lowest BCUT2D eigenvalue weighted by Crippen LogP contribution is -2.42. The van der Waals surface area contributed by atoms with Gasteiger partial charge in [0.15, 0.2) is 5.69 Å². The largest absolute Gasteiger partial charge is 0.476 e. The standard InChI is InChI=1S/C11H17N5O4/c1-7(2)3-15(5-9(12)17)10(18)6-16-4-8(11(19)20)13-14-16/h4,7H,3,5-6H2,1-2H3,(H2,12,17)(H,19,20). The zero-order valence-electron chi connectivity index (χ0n) is 11.3. The predicted molar refractivity (Wildman–Crippen MR) is 67.6 cm³/mol. The Morgan fingerprint density at radius 2 is 2.10 bits per heavy atom. The van der Waals surface area contributed by atoms with Crippen LogP contribution in [-0.4, -0.2) is 55.9 Å². The Labute approximate surface area is 115 Å². The van der Waals surface area contributed by atoms with Crippen molar-refractivity contribution >= 4 is 17.8 Å². The summed E-state index contributed by atoms with van der Waals surface area (Å²) < 4.78 is 1.11. The van der Waals surface area contributed by atoms with E-state index >= 15 is 0 Å². The van der Waals surface area contributed by atoms with Crippen LogP contribution in [0.1, 0.15) is 24.3 Å². The van der Waals surface area contributed by atoms with E-state index in [0.717, 1.165) is 10.9 Å². The first kappa shape index (κ1) is 15.6. The highest BCUT2D eigenvalue weighted by Gasteiger charge is 2.18. The molecule has 1 aromatic heterocycles. The van der Waals surface area contributed by atoms with Crippen molar-refractivity contribution in [3.05, 3.63) is 11.9 Å². The van der Waals surface area contributed by atoms with E-state index in [2.05, 4.69) is 10.3 Å². The molecule has 1 heterocycles. The van der Waals surface area contributed by atoms with Crippen LogP contribution in [0.25, 0.3) is 0 Å². The molecule has 0 fully saturated rings. The summed E-state index contributed by atoms with van der Waals surface area (Å²) in [6, 6.07) is 0. The van der Waals surface area contributed by atoms with Gasteiger partial charge in [0.2, 0.25) is 11.8 Å². The first-order valence-corrected chi connectivity index (χ1v) is 5.99. The molecular formula is C11H17N5O4. The van der Waals surface area contributed by atoms with Crippen molar-refractivity contribution in [2.24, 2.45) is 11.7 Å². The van der Waals surface area contributed by atoms with Crippen molar-refractivity contribution in [1.82, 2.24) is 19.9 Å². The molecule has 0 aromatic carbocycles. The zero-order valence-corrected chi connectivity index (χ0v) is 11.3. The lowest BCUT2D eigenvalue weighted by molar-refractivity contribution is -0.136. The molecule has 0 bridgehead atoms. The molecule has 9 heteroatoms. The molecule has 9 nitrogen and oxygen atoms in total. The number of carboxylic acid groups (broad SMARTS) is 1. The molecule has 20 heavy (non-hydrogen) atoms. The Morgan fingerprint density at radius 1 is 1.45 bits per heavy atom. The van der Waals surface area contributed by atoms with E-state index in [0.29, 0.717) is 6.54 Å². The Hall–Kier alpha value is -2.45. The number of hydrogen-bond donors (Lipinski definition) is 2. The summed E-state index contributed by atoms with van der Waals surface area (Å²) in [6.45, 7) is 3.80. The minimum atomic E-state index is -1.22. The predicted octanol–water partition coefficient (Wildman–Crippen LogP) is -1.05.